The summed E-state index contributed by atoms with van der Waals surface area (Å²) in [5, 5.41) is 10.6. The second-order valence-corrected chi connectivity index (χ2v) is 31.4. The fraction of sp³-hybridized carbons (Fsp3) is 0.855. The lowest BCUT2D eigenvalue weighted by atomic mass is 10.0. The molecule has 0 aliphatic rings. The lowest BCUT2D eigenvalue weighted by Gasteiger charge is -2.21. The van der Waals surface area contributed by atoms with Gasteiger partial charge in [0.1, 0.15) is 19.3 Å². The van der Waals surface area contributed by atoms with E-state index in [-0.39, 0.29) is 25.7 Å². The molecule has 102 heavy (non-hydrogen) atoms. The Kier molecular flexibility index (Phi) is 74.0. The van der Waals surface area contributed by atoms with Crippen LogP contribution >= 0.6 is 15.6 Å². The molecule has 0 spiro atoms. The van der Waals surface area contributed by atoms with E-state index in [0.717, 1.165) is 89.9 Å². The summed E-state index contributed by atoms with van der Waals surface area (Å²) in [6, 6.07) is 0. The number of ether oxygens (including phenoxy) is 4. The van der Waals surface area contributed by atoms with Crippen molar-refractivity contribution >= 4 is 39.5 Å². The van der Waals surface area contributed by atoms with Gasteiger partial charge in [0.25, 0.3) is 0 Å². The normalized spacial score (nSPS) is 14.1. The number of hydrogen-bond donors (Lipinski definition) is 3. The van der Waals surface area contributed by atoms with E-state index < -0.39 is 97.5 Å². The molecule has 0 fully saturated rings. The zero-order valence-electron chi connectivity index (χ0n) is 65.6. The van der Waals surface area contributed by atoms with Gasteiger partial charge in [-0.2, -0.15) is 0 Å². The van der Waals surface area contributed by atoms with Crippen LogP contribution in [0, 0.1) is 0 Å². The van der Waals surface area contributed by atoms with Gasteiger partial charge in [0.15, 0.2) is 12.2 Å². The van der Waals surface area contributed by atoms with Crippen LogP contribution in [0.4, 0.5) is 0 Å². The molecular formula is C83H154O17P2. The summed E-state index contributed by atoms with van der Waals surface area (Å²) in [5.74, 6) is -2.19. The molecule has 0 aromatic carbocycles. The van der Waals surface area contributed by atoms with E-state index >= 15 is 0 Å². The summed E-state index contributed by atoms with van der Waals surface area (Å²) in [6.07, 6.45) is 75.1. The first-order valence-electron chi connectivity index (χ1n) is 41.9. The molecule has 0 aliphatic carbocycles. The molecular weight excluding hydrogens is 1330 g/mol. The number of unbranched alkanes of at least 4 members (excludes halogenated alkanes) is 46. The van der Waals surface area contributed by atoms with Crippen molar-refractivity contribution in [2.24, 2.45) is 0 Å². The third-order valence-corrected chi connectivity index (χ3v) is 20.2. The van der Waals surface area contributed by atoms with Crippen molar-refractivity contribution in [2.75, 3.05) is 39.6 Å². The van der Waals surface area contributed by atoms with Crippen molar-refractivity contribution in [1.82, 2.24) is 0 Å². The number of aliphatic hydroxyl groups is 1. The van der Waals surface area contributed by atoms with Gasteiger partial charge in [0, 0.05) is 25.7 Å². The predicted molar refractivity (Wildman–Crippen MR) is 418 cm³/mol. The summed E-state index contributed by atoms with van der Waals surface area (Å²) >= 11 is 0. The molecule has 0 saturated heterocycles. The molecule has 19 heteroatoms. The Morgan fingerprint density at radius 2 is 0.490 bits per heavy atom. The first-order chi connectivity index (χ1) is 49.7. The highest BCUT2D eigenvalue weighted by Gasteiger charge is 2.30. The second kappa shape index (κ2) is 76.2. The molecule has 17 nitrogen and oxygen atoms in total. The number of carbonyl (C=O) groups excluding carboxylic acids is 4. The number of esters is 4. The van der Waals surface area contributed by atoms with Crippen LogP contribution < -0.4 is 0 Å². The number of hydrogen-bond acceptors (Lipinski definition) is 15. The van der Waals surface area contributed by atoms with Crippen molar-refractivity contribution in [1.29, 1.82) is 0 Å². The number of aliphatic hydroxyl groups excluding tert-OH is 1. The van der Waals surface area contributed by atoms with E-state index in [2.05, 4.69) is 64.2 Å². The number of rotatable bonds is 80. The van der Waals surface area contributed by atoms with Crippen LogP contribution in [0.5, 0.6) is 0 Å². The van der Waals surface area contributed by atoms with Gasteiger partial charge in [-0.1, -0.05) is 359 Å². The zero-order chi connectivity index (χ0) is 74.6. The highest BCUT2D eigenvalue weighted by Crippen LogP contribution is 2.45. The maximum Gasteiger partial charge on any atom is 0.472 e. The van der Waals surface area contributed by atoms with Crippen LogP contribution in [-0.2, 0) is 65.4 Å². The molecule has 0 aliphatic heterocycles. The van der Waals surface area contributed by atoms with Gasteiger partial charge < -0.3 is 33.8 Å². The van der Waals surface area contributed by atoms with Crippen LogP contribution in [0.2, 0.25) is 0 Å². The SMILES string of the molecule is CCCCC/C=C\C/C=C\C/C=C\C/C=C\CCCC(=O)O[C@H](COC(=O)CCCCCCCCCCCCCCCCC)COP(=O)(O)OC[C@@H](O)COP(=O)(O)OC[C@@H](COC(=O)CCCCCCCCCCCCCCCCCCC)OC(=O)CCCCCCCCCCCCCCC. The fourth-order valence-corrected chi connectivity index (χ4v) is 13.5. The Morgan fingerprint density at radius 1 is 0.275 bits per heavy atom. The molecule has 0 aromatic rings. The Morgan fingerprint density at radius 3 is 0.775 bits per heavy atom. The number of allylic oxidation sites excluding steroid dienone is 8. The van der Waals surface area contributed by atoms with E-state index in [0.29, 0.717) is 32.1 Å². The molecule has 0 saturated carbocycles. The fourth-order valence-electron chi connectivity index (χ4n) is 11.9. The van der Waals surface area contributed by atoms with Gasteiger partial charge in [-0.3, -0.25) is 37.3 Å². The number of phosphoric acid groups is 2. The van der Waals surface area contributed by atoms with Crippen molar-refractivity contribution < 1.29 is 80.2 Å². The molecule has 0 rings (SSSR count). The van der Waals surface area contributed by atoms with Gasteiger partial charge in [0.2, 0.25) is 0 Å². The van der Waals surface area contributed by atoms with Crippen LogP contribution in [0.15, 0.2) is 48.6 Å². The highest BCUT2D eigenvalue weighted by atomic mass is 31.2. The molecule has 0 aromatic heterocycles. The second-order valence-electron chi connectivity index (χ2n) is 28.4. The minimum atomic E-state index is -4.98. The molecule has 0 amide bonds. The van der Waals surface area contributed by atoms with E-state index in [4.69, 9.17) is 37.0 Å². The standard InChI is InChI=1S/C83H154O17P2/c1-5-9-13-17-21-25-29-33-36-38-41-45-48-52-56-60-64-68-81(86)94-73-78(99-82(87)69-65-61-57-53-49-43-32-28-24-20-16-12-8-4)75-97-101(89,90)95-71-77(84)72-96-102(91,92)98-76-79(74-93-80(85)67-63-59-55-51-47-44-40-35-31-27-23-19-15-11-7-3)100-83(88)70-66-62-58-54-50-46-42-39-37-34-30-26-22-18-14-10-6-2/h22,26,34,37,42,46,54,58,77-79,84H,5-21,23-25,27-33,35-36,38-41,43-45,47-53,55-57,59-76H2,1-4H3,(H,89,90)(H,91,92)/b26-22-,37-34-,46-42-,58-54-/t77-,78+,79+/m0/s1. The molecule has 0 radical (unpaired) electrons. The molecule has 0 bridgehead atoms. The molecule has 3 N–H and O–H groups in total. The Labute approximate surface area is 623 Å². The van der Waals surface area contributed by atoms with Gasteiger partial charge in [0.05, 0.1) is 26.4 Å². The maximum atomic E-state index is 13.1. The van der Waals surface area contributed by atoms with Crippen LogP contribution in [0.1, 0.15) is 400 Å². The quantitative estimate of drug-likeness (QED) is 0.0169. The summed E-state index contributed by atoms with van der Waals surface area (Å²) < 4.78 is 68.7. The number of carbonyl (C=O) groups is 4. The monoisotopic (exact) mass is 1490 g/mol. The Balaban J connectivity index is 5.34. The summed E-state index contributed by atoms with van der Waals surface area (Å²) in [7, 11) is -9.95. The third kappa shape index (κ3) is 75.3. The van der Waals surface area contributed by atoms with E-state index in [1.54, 1.807) is 0 Å². The van der Waals surface area contributed by atoms with Crippen LogP contribution in [-0.4, -0.2) is 96.7 Å². The highest BCUT2D eigenvalue weighted by molar-refractivity contribution is 7.47. The number of phosphoric ester groups is 2. The van der Waals surface area contributed by atoms with Gasteiger partial charge in [-0.05, 0) is 64.2 Å². The first kappa shape index (κ1) is 99.0. The van der Waals surface area contributed by atoms with Gasteiger partial charge in [-0.15, -0.1) is 0 Å². The topological polar surface area (TPSA) is 237 Å². The first-order valence-corrected chi connectivity index (χ1v) is 44.9. The van der Waals surface area contributed by atoms with Crippen LogP contribution in [0.25, 0.3) is 0 Å². The minimum Gasteiger partial charge on any atom is -0.462 e. The van der Waals surface area contributed by atoms with E-state index in [9.17, 15) is 43.2 Å². The molecule has 598 valence electrons. The van der Waals surface area contributed by atoms with Gasteiger partial charge in [-0.25, -0.2) is 9.13 Å². The van der Waals surface area contributed by atoms with Crippen molar-refractivity contribution in [3.8, 4) is 0 Å². The van der Waals surface area contributed by atoms with Crippen molar-refractivity contribution in [2.45, 2.75) is 418 Å². The maximum absolute atomic E-state index is 13.1. The summed E-state index contributed by atoms with van der Waals surface area (Å²) in [6.45, 7) is 4.90. The lowest BCUT2D eigenvalue weighted by molar-refractivity contribution is -0.161. The molecule has 5 atom stereocenters. The zero-order valence-corrected chi connectivity index (χ0v) is 67.3. The Bertz CT molecular complexity index is 2120. The average Bonchev–Trinajstić information content (AvgIpc) is 0.907. The van der Waals surface area contributed by atoms with Crippen LogP contribution in [0.3, 0.4) is 0 Å². The average molecular weight is 1490 g/mol. The van der Waals surface area contributed by atoms with Gasteiger partial charge >= 0.3 is 39.5 Å². The van der Waals surface area contributed by atoms with E-state index in [1.165, 1.54) is 225 Å². The predicted octanol–water partition coefficient (Wildman–Crippen LogP) is 24.5. The summed E-state index contributed by atoms with van der Waals surface area (Å²) in [5.41, 5.74) is 0. The van der Waals surface area contributed by atoms with Crippen molar-refractivity contribution in [3.05, 3.63) is 48.6 Å². The van der Waals surface area contributed by atoms with E-state index in [1.807, 2.05) is 12.2 Å². The molecule has 0 heterocycles. The smallest absolute Gasteiger partial charge is 0.462 e. The Hall–Kier alpha value is -2.98. The lowest BCUT2D eigenvalue weighted by Crippen LogP contribution is -2.30. The third-order valence-electron chi connectivity index (χ3n) is 18.3. The van der Waals surface area contributed by atoms with Crippen molar-refractivity contribution in [3.63, 3.8) is 0 Å². The summed E-state index contributed by atoms with van der Waals surface area (Å²) in [4.78, 5) is 73.1. The largest absolute Gasteiger partial charge is 0.472 e. The minimum absolute atomic E-state index is 0.0257. The molecule has 2 unspecified atom stereocenters.